The maximum Gasteiger partial charge on any atom is 0.261 e. The van der Waals surface area contributed by atoms with E-state index in [4.69, 9.17) is 4.74 Å². The first-order valence-electron chi connectivity index (χ1n) is 7.50. The minimum absolute atomic E-state index is 0.00603. The Bertz CT molecular complexity index is 272. The lowest BCUT2D eigenvalue weighted by atomic mass is 10.0. The Kier molecular flexibility index (Phi) is 8.69. The minimum atomic E-state index is -2.47. The number of ether oxygens (including phenoxy) is 1. The molecule has 1 rings (SSSR count). The molecule has 0 saturated carbocycles. The summed E-state index contributed by atoms with van der Waals surface area (Å²) in [4.78, 5) is 13.9. The van der Waals surface area contributed by atoms with Crippen molar-refractivity contribution in [2.24, 2.45) is 0 Å². The Hall–Kier alpha value is -0.750. The number of piperidine rings is 1. The molecule has 4 nitrogen and oxygen atoms in total. The van der Waals surface area contributed by atoms with E-state index >= 15 is 0 Å². The zero-order valence-electron chi connectivity index (χ0n) is 12.2. The molecule has 118 valence electrons. The molecular formula is C14H26F2N2O2. The van der Waals surface area contributed by atoms with Gasteiger partial charge in [0, 0.05) is 19.1 Å². The van der Waals surface area contributed by atoms with E-state index in [1.54, 1.807) is 0 Å². The van der Waals surface area contributed by atoms with Gasteiger partial charge in [-0.1, -0.05) is 13.3 Å². The van der Waals surface area contributed by atoms with Crippen LogP contribution < -0.4 is 5.32 Å². The van der Waals surface area contributed by atoms with E-state index < -0.39 is 13.0 Å². The maximum absolute atomic E-state index is 12.1. The van der Waals surface area contributed by atoms with Crippen molar-refractivity contribution in [2.45, 2.75) is 51.5 Å². The molecule has 1 fully saturated rings. The van der Waals surface area contributed by atoms with E-state index in [1.165, 1.54) is 12.8 Å². The molecule has 0 aliphatic carbocycles. The molecule has 0 aromatic heterocycles. The Morgan fingerprint density at radius 3 is 2.85 bits per heavy atom. The number of carbonyl (C=O) groups excluding carboxylic acids is 1. The third-order valence-electron chi connectivity index (χ3n) is 3.40. The van der Waals surface area contributed by atoms with Crippen molar-refractivity contribution in [3.63, 3.8) is 0 Å². The Morgan fingerprint density at radius 2 is 2.25 bits per heavy atom. The number of halogens is 2. The largest absolute Gasteiger partial charge is 0.375 e. The average Bonchev–Trinajstić information content (AvgIpc) is 2.44. The van der Waals surface area contributed by atoms with Crippen LogP contribution in [-0.2, 0) is 9.53 Å². The van der Waals surface area contributed by atoms with Crippen molar-refractivity contribution in [1.29, 1.82) is 0 Å². The van der Waals surface area contributed by atoms with Crippen molar-refractivity contribution in [3.05, 3.63) is 0 Å². The number of rotatable bonds is 9. The summed E-state index contributed by atoms with van der Waals surface area (Å²) in [7, 11) is 0. The highest BCUT2D eigenvalue weighted by atomic mass is 19.3. The van der Waals surface area contributed by atoms with Crippen LogP contribution in [0.5, 0.6) is 0 Å². The van der Waals surface area contributed by atoms with E-state index in [0.29, 0.717) is 19.1 Å². The molecule has 1 atom stereocenters. The Labute approximate surface area is 119 Å². The van der Waals surface area contributed by atoms with Gasteiger partial charge in [-0.25, -0.2) is 8.78 Å². The van der Waals surface area contributed by atoms with Crippen LogP contribution >= 0.6 is 0 Å². The van der Waals surface area contributed by atoms with E-state index in [1.807, 2.05) is 11.8 Å². The van der Waals surface area contributed by atoms with Gasteiger partial charge in [0.25, 0.3) is 6.43 Å². The second-order valence-electron chi connectivity index (χ2n) is 5.20. The SMILES string of the molecule is CCCN(CC1CCCCN1)C(=O)CCOCC(F)F. The zero-order valence-corrected chi connectivity index (χ0v) is 12.2. The minimum Gasteiger partial charge on any atom is -0.375 e. The Balaban J connectivity index is 2.29. The molecule has 20 heavy (non-hydrogen) atoms. The molecule has 0 bridgehead atoms. The van der Waals surface area contributed by atoms with Crippen LogP contribution in [0.15, 0.2) is 0 Å². The molecule has 0 spiro atoms. The smallest absolute Gasteiger partial charge is 0.261 e. The van der Waals surface area contributed by atoms with Gasteiger partial charge in [-0.2, -0.15) is 0 Å². The zero-order chi connectivity index (χ0) is 14.8. The second-order valence-corrected chi connectivity index (χ2v) is 5.20. The van der Waals surface area contributed by atoms with Gasteiger partial charge in [-0.3, -0.25) is 4.79 Å². The van der Waals surface area contributed by atoms with Crippen LogP contribution in [0.4, 0.5) is 8.78 Å². The Morgan fingerprint density at radius 1 is 1.45 bits per heavy atom. The fourth-order valence-electron chi connectivity index (χ4n) is 2.42. The highest BCUT2D eigenvalue weighted by Gasteiger charge is 2.19. The van der Waals surface area contributed by atoms with Crippen LogP contribution in [0.1, 0.15) is 39.0 Å². The van der Waals surface area contributed by atoms with E-state index in [-0.39, 0.29) is 18.9 Å². The van der Waals surface area contributed by atoms with E-state index in [0.717, 1.165) is 19.4 Å². The fourth-order valence-corrected chi connectivity index (χ4v) is 2.42. The van der Waals surface area contributed by atoms with Crippen LogP contribution in [0, 0.1) is 0 Å². The maximum atomic E-state index is 12.1. The summed E-state index contributed by atoms with van der Waals surface area (Å²) in [5.41, 5.74) is 0. The molecule has 1 aliphatic rings. The molecule has 1 saturated heterocycles. The number of carbonyl (C=O) groups is 1. The van der Waals surface area contributed by atoms with Gasteiger partial charge in [0.15, 0.2) is 0 Å². The topological polar surface area (TPSA) is 41.6 Å². The summed E-state index contributed by atoms with van der Waals surface area (Å²) < 4.78 is 28.6. The number of alkyl halides is 2. The number of hydrogen-bond donors (Lipinski definition) is 1. The highest BCUT2D eigenvalue weighted by molar-refractivity contribution is 5.76. The fraction of sp³-hybridized carbons (Fsp3) is 0.929. The second kappa shape index (κ2) is 10.0. The molecule has 0 aromatic carbocycles. The normalized spacial score (nSPS) is 19.3. The number of nitrogens with one attached hydrogen (secondary N) is 1. The molecule has 1 heterocycles. The lowest BCUT2D eigenvalue weighted by Gasteiger charge is -2.30. The molecule has 1 N–H and O–H groups in total. The average molecular weight is 292 g/mol. The predicted octanol–water partition coefficient (Wildman–Crippen LogP) is 2.04. The van der Waals surface area contributed by atoms with Crippen LogP contribution in [0.2, 0.25) is 0 Å². The van der Waals surface area contributed by atoms with Gasteiger partial charge < -0.3 is 15.0 Å². The lowest BCUT2D eigenvalue weighted by molar-refractivity contribution is -0.133. The molecule has 0 aromatic rings. The summed E-state index contributed by atoms with van der Waals surface area (Å²) in [6.45, 7) is 3.94. The van der Waals surface area contributed by atoms with Gasteiger partial charge in [0.1, 0.15) is 6.61 Å². The van der Waals surface area contributed by atoms with Crippen LogP contribution in [-0.4, -0.2) is 56.1 Å². The molecule has 1 amide bonds. The summed E-state index contributed by atoms with van der Waals surface area (Å²) in [5, 5.41) is 3.42. The molecule has 1 unspecified atom stereocenters. The first-order chi connectivity index (χ1) is 9.63. The summed E-state index contributed by atoms with van der Waals surface area (Å²) in [5.74, 6) is -0.00603. The van der Waals surface area contributed by atoms with Crippen molar-refractivity contribution in [1.82, 2.24) is 10.2 Å². The van der Waals surface area contributed by atoms with Crippen molar-refractivity contribution >= 4 is 5.91 Å². The number of hydrogen-bond acceptors (Lipinski definition) is 3. The number of amides is 1. The highest BCUT2D eigenvalue weighted by Crippen LogP contribution is 2.10. The quantitative estimate of drug-likeness (QED) is 0.661. The van der Waals surface area contributed by atoms with Crippen molar-refractivity contribution in [3.8, 4) is 0 Å². The van der Waals surface area contributed by atoms with Gasteiger partial charge in [-0.05, 0) is 25.8 Å². The van der Waals surface area contributed by atoms with E-state index in [9.17, 15) is 13.6 Å². The van der Waals surface area contributed by atoms with Crippen molar-refractivity contribution < 1.29 is 18.3 Å². The molecule has 0 radical (unpaired) electrons. The van der Waals surface area contributed by atoms with Gasteiger partial charge in [-0.15, -0.1) is 0 Å². The van der Waals surface area contributed by atoms with Crippen LogP contribution in [0.25, 0.3) is 0 Å². The van der Waals surface area contributed by atoms with E-state index in [2.05, 4.69) is 5.32 Å². The van der Waals surface area contributed by atoms with Gasteiger partial charge in [0.2, 0.25) is 5.91 Å². The van der Waals surface area contributed by atoms with Gasteiger partial charge in [0.05, 0.1) is 13.0 Å². The third-order valence-corrected chi connectivity index (χ3v) is 3.40. The summed E-state index contributed by atoms with van der Waals surface area (Å²) in [6, 6.07) is 0.362. The molecule has 6 heteroatoms. The van der Waals surface area contributed by atoms with Gasteiger partial charge >= 0.3 is 0 Å². The molecule has 1 aliphatic heterocycles. The lowest BCUT2D eigenvalue weighted by Crippen LogP contribution is -2.46. The summed E-state index contributed by atoms with van der Waals surface area (Å²) >= 11 is 0. The van der Waals surface area contributed by atoms with Crippen LogP contribution in [0.3, 0.4) is 0 Å². The number of nitrogens with zero attached hydrogens (tertiary/aromatic N) is 1. The predicted molar refractivity (Wildman–Crippen MR) is 74.0 cm³/mol. The molecular weight excluding hydrogens is 266 g/mol. The first kappa shape index (κ1) is 17.3. The monoisotopic (exact) mass is 292 g/mol. The first-order valence-corrected chi connectivity index (χ1v) is 7.50. The standard InChI is InChI=1S/C14H26F2N2O2/c1-2-8-18(10-12-5-3-4-7-17-12)14(19)6-9-20-11-13(15)16/h12-13,17H,2-11H2,1H3. The third kappa shape index (κ3) is 7.14. The van der Waals surface area contributed by atoms with Crippen molar-refractivity contribution in [2.75, 3.05) is 32.8 Å². The summed E-state index contributed by atoms with van der Waals surface area (Å²) in [6.07, 6.45) is 2.09.